The van der Waals surface area contributed by atoms with Gasteiger partial charge in [0.2, 0.25) is 0 Å². The van der Waals surface area contributed by atoms with Gasteiger partial charge in [0.15, 0.2) is 0 Å². The summed E-state index contributed by atoms with van der Waals surface area (Å²) in [5.74, 6) is 1.87. The van der Waals surface area contributed by atoms with Gasteiger partial charge in [0, 0.05) is 0 Å². The third-order valence-electron chi connectivity index (χ3n) is 5.64. The summed E-state index contributed by atoms with van der Waals surface area (Å²) in [5.41, 5.74) is 0.855. The fourth-order valence-corrected chi connectivity index (χ4v) is 3.18. The van der Waals surface area contributed by atoms with E-state index in [1.54, 1.807) is 7.11 Å². The summed E-state index contributed by atoms with van der Waals surface area (Å²) in [6.45, 7) is 13.0. The van der Waals surface area contributed by atoms with Gasteiger partial charge in [-0.05, 0) is 70.0 Å². The van der Waals surface area contributed by atoms with Gasteiger partial charge in [-0.3, -0.25) is 0 Å². The number of rotatable bonds is 7. The summed E-state index contributed by atoms with van der Waals surface area (Å²) in [4.78, 5) is 0. The molecule has 24 heavy (non-hydrogen) atoms. The second-order valence-electron chi connectivity index (χ2n) is 8.27. The van der Waals surface area contributed by atoms with Gasteiger partial charge in [-0.25, -0.2) is 0 Å². The van der Waals surface area contributed by atoms with Crippen LogP contribution in [0.15, 0.2) is 24.3 Å². The number of hydrogen-bond donors (Lipinski definition) is 0. The molecule has 0 spiro atoms. The van der Waals surface area contributed by atoms with Gasteiger partial charge in [0.25, 0.3) is 0 Å². The standard InChI is InChI=1S/C20H33BO3/c1-15(2)18(21-23-19(3,4)20(5,6)24-21)10-8-9-16-11-13-17(22-7)14-12-16/h11-15,18H,8-10H2,1-7H3/t18-/m1/s1. The van der Waals surface area contributed by atoms with E-state index < -0.39 is 0 Å². The summed E-state index contributed by atoms with van der Waals surface area (Å²) < 4.78 is 17.8. The Kier molecular flexibility index (Phi) is 6.03. The summed E-state index contributed by atoms with van der Waals surface area (Å²) in [7, 11) is 1.60. The average molecular weight is 332 g/mol. The maximum Gasteiger partial charge on any atom is 0.461 e. The molecule has 0 bridgehead atoms. The lowest BCUT2D eigenvalue weighted by molar-refractivity contribution is 0.00578. The monoisotopic (exact) mass is 332 g/mol. The van der Waals surface area contributed by atoms with Gasteiger partial charge in [0.1, 0.15) is 5.75 Å². The number of ether oxygens (including phenoxy) is 1. The van der Waals surface area contributed by atoms with Gasteiger partial charge in [-0.2, -0.15) is 0 Å². The highest BCUT2D eigenvalue weighted by Crippen LogP contribution is 2.43. The SMILES string of the molecule is COc1ccc(CCC[C@@H](B2OC(C)(C)C(C)(C)O2)C(C)C)cc1. The van der Waals surface area contributed by atoms with E-state index in [9.17, 15) is 0 Å². The first-order chi connectivity index (χ1) is 11.2. The first kappa shape index (κ1) is 19.3. The molecule has 0 saturated carbocycles. The van der Waals surface area contributed by atoms with E-state index in [4.69, 9.17) is 14.0 Å². The van der Waals surface area contributed by atoms with Crippen molar-refractivity contribution in [2.24, 2.45) is 5.92 Å². The zero-order valence-electron chi connectivity index (χ0n) is 16.4. The van der Waals surface area contributed by atoms with Gasteiger partial charge in [-0.1, -0.05) is 32.4 Å². The van der Waals surface area contributed by atoms with Crippen molar-refractivity contribution in [2.75, 3.05) is 7.11 Å². The Morgan fingerprint density at radius 1 is 1.00 bits per heavy atom. The van der Waals surface area contributed by atoms with E-state index in [1.165, 1.54) is 5.56 Å². The van der Waals surface area contributed by atoms with E-state index in [0.717, 1.165) is 25.0 Å². The molecule has 1 aliphatic rings. The number of aryl methyl sites for hydroxylation is 1. The van der Waals surface area contributed by atoms with Crippen molar-refractivity contribution >= 4 is 7.12 Å². The Bertz CT molecular complexity index is 506. The van der Waals surface area contributed by atoms with E-state index in [0.29, 0.717) is 11.7 Å². The van der Waals surface area contributed by atoms with Crippen LogP contribution in [0.2, 0.25) is 5.82 Å². The molecule has 0 N–H and O–H groups in total. The summed E-state index contributed by atoms with van der Waals surface area (Å²) in [6.07, 6.45) is 3.33. The molecule has 3 nitrogen and oxygen atoms in total. The highest BCUT2D eigenvalue weighted by atomic mass is 16.7. The highest BCUT2D eigenvalue weighted by molar-refractivity contribution is 6.47. The van der Waals surface area contributed by atoms with Crippen molar-refractivity contribution in [1.29, 1.82) is 0 Å². The number of methoxy groups -OCH3 is 1. The van der Waals surface area contributed by atoms with Gasteiger partial charge in [0.05, 0.1) is 18.3 Å². The lowest BCUT2D eigenvalue weighted by atomic mass is 9.63. The molecule has 0 radical (unpaired) electrons. The Labute approximate surface area is 148 Å². The zero-order chi connectivity index (χ0) is 18.0. The molecule has 1 aliphatic heterocycles. The zero-order valence-corrected chi connectivity index (χ0v) is 16.4. The minimum absolute atomic E-state index is 0.106. The van der Waals surface area contributed by atoms with Crippen molar-refractivity contribution < 1.29 is 14.0 Å². The van der Waals surface area contributed by atoms with E-state index >= 15 is 0 Å². The normalized spacial score (nSPS) is 20.4. The third-order valence-corrected chi connectivity index (χ3v) is 5.64. The molecule has 4 heteroatoms. The maximum atomic E-state index is 6.28. The summed E-state index contributed by atoms with van der Waals surface area (Å²) >= 11 is 0. The maximum absolute atomic E-state index is 6.28. The van der Waals surface area contributed by atoms with Gasteiger partial charge in [-0.15, -0.1) is 0 Å². The minimum atomic E-state index is -0.249. The molecule has 1 atom stereocenters. The summed E-state index contributed by atoms with van der Waals surface area (Å²) in [5, 5.41) is 0. The first-order valence-electron chi connectivity index (χ1n) is 9.15. The third kappa shape index (κ3) is 4.34. The molecule has 1 aromatic rings. The van der Waals surface area contributed by atoms with Crippen LogP contribution in [0, 0.1) is 5.92 Å². The molecule has 2 rings (SSSR count). The van der Waals surface area contributed by atoms with Crippen LogP contribution in [0.5, 0.6) is 5.75 Å². The molecule has 1 fully saturated rings. The Morgan fingerprint density at radius 2 is 1.54 bits per heavy atom. The van der Waals surface area contributed by atoms with Crippen molar-refractivity contribution in [3.05, 3.63) is 29.8 Å². The van der Waals surface area contributed by atoms with E-state index in [2.05, 4.69) is 53.7 Å². The van der Waals surface area contributed by atoms with E-state index in [-0.39, 0.29) is 18.3 Å². The first-order valence-corrected chi connectivity index (χ1v) is 9.15. The largest absolute Gasteiger partial charge is 0.497 e. The van der Waals surface area contributed by atoms with Crippen molar-refractivity contribution in [1.82, 2.24) is 0 Å². The Hall–Kier alpha value is -0.995. The Morgan fingerprint density at radius 3 is 2.00 bits per heavy atom. The van der Waals surface area contributed by atoms with Crippen LogP contribution >= 0.6 is 0 Å². The lowest BCUT2D eigenvalue weighted by Gasteiger charge is -2.32. The second kappa shape index (κ2) is 7.49. The van der Waals surface area contributed by atoms with Crippen LogP contribution in [-0.2, 0) is 15.7 Å². The van der Waals surface area contributed by atoms with E-state index in [1.807, 2.05) is 12.1 Å². The topological polar surface area (TPSA) is 27.7 Å². The molecular formula is C20H33BO3. The van der Waals surface area contributed by atoms with Crippen LogP contribution < -0.4 is 4.74 Å². The van der Waals surface area contributed by atoms with Crippen molar-refractivity contribution in [2.45, 2.75) is 77.8 Å². The molecule has 0 unspecified atom stereocenters. The fourth-order valence-electron chi connectivity index (χ4n) is 3.18. The molecule has 0 aromatic heterocycles. The van der Waals surface area contributed by atoms with Crippen LogP contribution in [0.1, 0.15) is 59.9 Å². The average Bonchev–Trinajstić information content (AvgIpc) is 2.71. The molecule has 1 heterocycles. The lowest BCUT2D eigenvalue weighted by Crippen LogP contribution is -2.41. The van der Waals surface area contributed by atoms with Crippen molar-refractivity contribution in [3.8, 4) is 5.75 Å². The molecule has 1 aromatic carbocycles. The molecule has 0 aliphatic carbocycles. The van der Waals surface area contributed by atoms with Gasteiger partial charge < -0.3 is 14.0 Å². The molecule has 0 amide bonds. The van der Waals surface area contributed by atoms with Crippen LogP contribution in [0.3, 0.4) is 0 Å². The number of hydrogen-bond acceptors (Lipinski definition) is 3. The minimum Gasteiger partial charge on any atom is -0.497 e. The van der Waals surface area contributed by atoms with Gasteiger partial charge >= 0.3 is 7.12 Å². The quantitative estimate of drug-likeness (QED) is 0.647. The molecule has 1 saturated heterocycles. The highest BCUT2D eigenvalue weighted by Gasteiger charge is 2.53. The molecular weight excluding hydrogens is 299 g/mol. The fraction of sp³-hybridized carbons (Fsp3) is 0.700. The van der Waals surface area contributed by atoms with Crippen LogP contribution in [-0.4, -0.2) is 25.4 Å². The predicted octanol–water partition coefficient (Wildman–Crippen LogP) is 5.14. The Balaban J connectivity index is 1.92. The summed E-state index contributed by atoms with van der Waals surface area (Å²) in [6, 6.07) is 8.36. The van der Waals surface area contributed by atoms with Crippen molar-refractivity contribution in [3.63, 3.8) is 0 Å². The predicted molar refractivity (Wildman–Crippen MR) is 101 cm³/mol. The van der Waals surface area contributed by atoms with Crippen LogP contribution in [0.4, 0.5) is 0 Å². The second-order valence-corrected chi connectivity index (χ2v) is 8.27. The number of benzene rings is 1. The molecule has 134 valence electrons. The van der Waals surface area contributed by atoms with Crippen LogP contribution in [0.25, 0.3) is 0 Å². The smallest absolute Gasteiger partial charge is 0.461 e.